The highest BCUT2D eigenvalue weighted by Crippen LogP contribution is 2.36. The molecule has 0 saturated heterocycles. The van der Waals surface area contributed by atoms with Crippen LogP contribution in [0, 0.1) is 0 Å². The van der Waals surface area contributed by atoms with Gasteiger partial charge in [-0.15, -0.1) is 10.2 Å². The Morgan fingerprint density at radius 3 is 2.52 bits per heavy atom. The van der Waals surface area contributed by atoms with Crippen LogP contribution in [0.3, 0.4) is 0 Å². The minimum atomic E-state index is -0.286. The van der Waals surface area contributed by atoms with Crippen LogP contribution in [0.25, 0.3) is 11.5 Å². The number of thioether (sulfide) groups is 1. The molecule has 0 aliphatic carbocycles. The van der Waals surface area contributed by atoms with Crippen molar-refractivity contribution in [2.45, 2.75) is 5.22 Å². The number of carbonyl (C=O) groups is 1. The molecule has 0 saturated carbocycles. The van der Waals surface area contributed by atoms with Gasteiger partial charge in [0, 0.05) is 6.07 Å². The summed E-state index contributed by atoms with van der Waals surface area (Å²) in [6, 6.07) is 10.5. The number of methoxy groups -OCH3 is 3. The maximum absolute atomic E-state index is 12.3. The van der Waals surface area contributed by atoms with E-state index in [1.807, 2.05) is 18.2 Å². The van der Waals surface area contributed by atoms with Crippen molar-refractivity contribution in [3.05, 3.63) is 41.4 Å². The summed E-state index contributed by atoms with van der Waals surface area (Å²) in [5.74, 6) is 1.58. The molecule has 0 atom stereocenters. The minimum Gasteiger partial charge on any atom is -0.496 e. The molecule has 0 spiro atoms. The second kappa shape index (κ2) is 9.53. The highest BCUT2D eigenvalue weighted by atomic mass is 35.5. The van der Waals surface area contributed by atoms with Crippen molar-refractivity contribution in [1.29, 1.82) is 0 Å². The maximum atomic E-state index is 12.3. The lowest BCUT2D eigenvalue weighted by molar-refractivity contribution is -0.113. The number of anilines is 1. The van der Waals surface area contributed by atoms with Crippen molar-refractivity contribution < 1.29 is 23.4 Å². The number of hydrogen-bond acceptors (Lipinski definition) is 8. The van der Waals surface area contributed by atoms with Gasteiger partial charge in [-0.25, -0.2) is 0 Å². The number of amides is 1. The van der Waals surface area contributed by atoms with Crippen molar-refractivity contribution in [2.24, 2.45) is 0 Å². The van der Waals surface area contributed by atoms with Crippen LogP contribution >= 0.6 is 23.4 Å². The average Bonchev–Trinajstić information content (AvgIpc) is 3.21. The average molecular weight is 436 g/mol. The Balaban J connectivity index is 1.65. The lowest BCUT2D eigenvalue weighted by Crippen LogP contribution is -2.14. The Morgan fingerprint density at radius 1 is 1.07 bits per heavy atom. The molecule has 8 nitrogen and oxygen atoms in total. The number of rotatable bonds is 8. The molecule has 10 heteroatoms. The van der Waals surface area contributed by atoms with Crippen LogP contribution in [-0.4, -0.2) is 43.2 Å². The number of aromatic nitrogens is 2. The zero-order valence-electron chi connectivity index (χ0n) is 15.9. The van der Waals surface area contributed by atoms with E-state index < -0.39 is 0 Å². The fourth-order valence-corrected chi connectivity index (χ4v) is 3.27. The molecular formula is C19H18ClN3O5S. The fourth-order valence-electron chi connectivity index (χ4n) is 2.47. The molecule has 1 amide bonds. The molecule has 3 aromatic rings. The van der Waals surface area contributed by atoms with E-state index in [0.717, 1.165) is 11.8 Å². The van der Waals surface area contributed by atoms with Crippen molar-refractivity contribution in [3.63, 3.8) is 0 Å². The fraction of sp³-hybridized carbons (Fsp3) is 0.211. The number of nitrogens with zero attached hydrogens (tertiary/aromatic N) is 2. The molecule has 0 aliphatic rings. The number of ether oxygens (including phenoxy) is 3. The standard InChI is InChI=1S/C19H18ClN3O5S/c1-25-14-7-5-4-6-11(14)18-22-23-19(28-18)29-10-17(24)21-13-8-12(20)15(26-2)9-16(13)27-3/h4-9H,10H2,1-3H3,(H,21,24). The molecular weight excluding hydrogens is 418 g/mol. The summed E-state index contributed by atoms with van der Waals surface area (Å²) in [4.78, 5) is 12.3. The molecule has 0 bridgehead atoms. The minimum absolute atomic E-state index is 0.0559. The molecule has 3 rings (SSSR count). The van der Waals surface area contributed by atoms with Crippen LogP contribution in [-0.2, 0) is 4.79 Å². The highest BCUT2D eigenvalue weighted by Gasteiger charge is 2.16. The van der Waals surface area contributed by atoms with E-state index in [0.29, 0.717) is 39.4 Å². The molecule has 1 aromatic heterocycles. The number of nitrogens with one attached hydrogen (secondary N) is 1. The molecule has 29 heavy (non-hydrogen) atoms. The van der Waals surface area contributed by atoms with Crippen LogP contribution in [0.5, 0.6) is 17.2 Å². The number of carbonyl (C=O) groups excluding carboxylic acids is 1. The second-order valence-electron chi connectivity index (χ2n) is 5.60. The van der Waals surface area contributed by atoms with Gasteiger partial charge in [0.1, 0.15) is 17.2 Å². The van der Waals surface area contributed by atoms with Gasteiger partial charge in [0.2, 0.25) is 5.91 Å². The van der Waals surface area contributed by atoms with Crippen molar-refractivity contribution in [2.75, 3.05) is 32.4 Å². The predicted octanol–water partition coefficient (Wildman–Crippen LogP) is 4.15. The van der Waals surface area contributed by atoms with Crippen molar-refractivity contribution >= 4 is 35.0 Å². The summed E-state index contributed by atoms with van der Waals surface area (Å²) in [6.45, 7) is 0. The van der Waals surface area contributed by atoms with Crippen LogP contribution in [0.2, 0.25) is 5.02 Å². The first-order valence-corrected chi connectivity index (χ1v) is 9.73. The third kappa shape index (κ3) is 4.93. The van der Waals surface area contributed by atoms with E-state index in [2.05, 4.69) is 15.5 Å². The maximum Gasteiger partial charge on any atom is 0.277 e. The lowest BCUT2D eigenvalue weighted by Gasteiger charge is -2.12. The third-order valence-corrected chi connectivity index (χ3v) is 4.93. The van der Waals surface area contributed by atoms with Gasteiger partial charge in [0.05, 0.1) is 43.4 Å². The largest absolute Gasteiger partial charge is 0.496 e. The molecule has 152 valence electrons. The summed E-state index contributed by atoms with van der Waals surface area (Å²) in [5.41, 5.74) is 1.11. The van der Waals surface area contributed by atoms with Gasteiger partial charge in [-0.05, 0) is 18.2 Å². The second-order valence-corrected chi connectivity index (χ2v) is 6.93. The Kier molecular flexibility index (Phi) is 6.84. The van der Waals surface area contributed by atoms with Gasteiger partial charge in [-0.3, -0.25) is 4.79 Å². The molecule has 0 fully saturated rings. The Bertz CT molecular complexity index is 1010. The van der Waals surface area contributed by atoms with Crippen LogP contribution in [0.4, 0.5) is 5.69 Å². The smallest absolute Gasteiger partial charge is 0.277 e. The van der Waals surface area contributed by atoms with Gasteiger partial charge in [-0.1, -0.05) is 35.5 Å². The van der Waals surface area contributed by atoms with Crippen molar-refractivity contribution in [3.8, 4) is 28.7 Å². The van der Waals surface area contributed by atoms with E-state index in [1.165, 1.54) is 14.2 Å². The van der Waals surface area contributed by atoms with Crippen molar-refractivity contribution in [1.82, 2.24) is 10.2 Å². The van der Waals surface area contributed by atoms with Gasteiger partial charge < -0.3 is 23.9 Å². The number of para-hydroxylation sites is 1. The summed E-state index contributed by atoms with van der Waals surface area (Å²) in [5, 5.41) is 11.3. The first-order chi connectivity index (χ1) is 14.0. The normalized spacial score (nSPS) is 10.5. The van der Waals surface area contributed by atoms with E-state index in [4.69, 9.17) is 30.2 Å². The number of hydrogen-bond donors (Lipinski definition) is 1. The van der Waals surface area contributed by atoms with E-state index in [9.17, 15) is 4.79 Å². The Hall–Kier alpha value is -2.91. The molecule has 0 radical (unpaired) electrons. The number of benzene rings is 2. The van der Waals surface area contributed by atoms with E-state index >= 15 is 0 Å². The van der Waals surface area contributed by atoms with Gasteiger partial charge in [0.15, 0.2) is 0 Å². The summed E-state index contributed by atoms with van der Waals surface area (Å²) >= 11 is 7.23. The predicted molar refractivity (Wildman–Crippen MR) is 110 cm³/mol. The van der Waals surface area contributed by atoms with Crippen LogP contribution in [0.15, 0.2) is 46.0 Å². The zero-order valence-corrected chi connectivity index (χ0v) is 17.5. The molecule has 0 unspecified atom stereocenters. The number of halogens is 1. The molecule has 1 N–H and O–H groups in total. The van der Waals surface area contributed by atoms with E-state index in [-0.39, 0.29) is 16.9 Å². The van der Waals surface area contributed by atoms with Gasteiger partial charge in [-0.2, -0.15) is 0 Å². The Labute approximate surface area is 176 Å². The topological polar surface area (TPSA) is 95.7 Å². The summed E-state index contributed by atoms with van der Waals surface area (Å²) in [7, 11) is 4.55. The molecule has 1 heterocycles. The molecule has 2 aromatic carbocycles. The van der Waals surface area contributed by atoms with Gasteiger partial charge in [0.25, 0.3) is 11.1 Å². The third-order valence-electron chi connectivity index (χ3n) is 3.82. The lowest BCUT2D eigenvalue weighted by atomic mass is 10.2. The SMILES string of the molecule is COc1cc(OC)c(NC(=O)CSc2nnc(-c3ccccc3OC)o2)cc1Cl. The van der Waals surface area contributed by atoms with Crippen LogP contribution in [0.1, 0.15) is 0 Å². The Morgan fingerprint density at radius 2 is 1.79 bits per heavy atom. The van der Waals surface area contributed by atoms with Gasteiger partial charge >= 0.3 is 0 Å². The van der Waals surface area contributed by atoms with Crippen LogP contribution < -0.4 is 19.5 Å². The van der Waals surface area contributed by atoms with E-state index in [1.54, 1.807) is 25.3 Å². The quantitative estimate of drug-likeness (QED) is 0.527. The molecule has 0 aliphatic heterocycles. The first-order valence-electron chi connectivity index (χ1n) is 8.36. The summed E-state index contributed by atoms with van der Waals surface area (Å²) < 4.78 is 21.3. The zero-order chi connectivity index (χ0) is 20.8. The highest BCUT2D eigenvalue weighted by molar-refractivity contribution is 7.99. The monoisotopic (exact) mass is 435 g/mol. The first kappa shape index (κ1) is 20.8. The summed E-state index contributed by atoms with van der Waals surface area (Å²) in [6.07, 6.45) is 0.